The van der Waals surface area contributed by atoms with Gasteiger partial charge in [-0.15, -0.1) is 0 Å². The molecule has 1 aromatic rings. The van der Waals surface area contributed by atoms with Gasteiger partial charge in [0.2, 0.25) is 5.91 Å². The molecule has 0 aliphatic carbocycles. The van der Waals surface area contributed by atoms with Crippen LogP contribution in [0.15, 0.2) is 24.3 Å². The first kappa shape index (κ1) is 13.9. The topological polar surface area (TPSA) is 20.3 Å². The normalized spacial score (nSPS) is 23.1. The van der Waals surface area contributed by atoms with Gasteiger partial charge in [0.05, 0.1) is 11.8 Å². The van der Waals surface area contributed by atoms with Crippen LogP contribution in [0.25, 0.3) is 0 Å². The Morgan fingerprint density at radius 2 is 1.84 bits per heavy atom. The molecule has 1 aromatic carbocycles. The van der Waals surface area contributed by atoms with Crippen LogP contribution in [0.5, 0.6) is 0 Å². The van der Waals surface area contributed by atoms with E-state index in [9.17, 15) is 18.0 Å². The zero-order chi connectivity index (χ0) is 14.4. The molecular weight excluding hydrogens is 255 g/mol. The fourth-order valence-corrected chi connectivity index (χ4v) is 2.73. The Morgan fingerprint density at radius 3 is 2.37 bits per heavy atom. The van der Waals surface area contributed by atoms with Crippen LogP contribution in [0.1, 0.15) is 32.8 Å². The van der Waals surface area contributed by atoms with Gasteiger partial charge < -0.3 is 4.90 Å². The van der Waals surface area contributed by atoms with Crippen molar-refractivity contribution in [1.29, 1.82) is 0 Å². The molecule has 1 amide bonds. The highest BCUT2D eigenvalue weighted by Crippen LogP contribution is 2.47. The molecule has 0 radical (unpaired) electrons. The van der Waals surface area contributed by atoms with Gasteiger partial charge in [0.1, 0.15) is 0 Å². The highest BCUT2D eigenvalue weighted by Gasteiger charge is 2.53. The first-order valence-corrected chi connectivity index (χ1v) is 6.17. The quantitative estimate of drug-likeness (QED) is 0.804. The molecule has 1 heterocycles. The van der Waals surface area contributed by atoms with Crippen molar-refractivity contribution in [3.8, 4) is 0 Å². The van der Waals surface area contributed by atoms with E-state index in [0.29, 0.717) is 11.3 Å². The number of amides is 1. The van der Waals surface area contributed by atoms with Gasteiger partial charge >= 0.3 is 6.18 Å². The molecule has 1 atom stereocenters. The third kappa shape index (κ3) is 2.22. The van der Waals surface area contributed by atoms with Gasteiger partial charge in [-0.3, -0.25) is 4.79 Å². The van der Waals surface area contributed by atoms with Crippen LogP contribution in [0, 0.1) is 0 Å². The molecule has 0 N–H and O–H groups in total. The molecule has 1 aliphatic rings. The average Bonchev–Trinajstić information content (AvgIpc) is 2.46. The lowest BCUT2D eigenvalue weighted by Crippen LogP contribution is -2.43. The summed E-state index contributed by atoms with van der Waals surface area (Å²) in [5, 5.41) is 0. The SMILES string of the molecule is CC(C)N1C(=O)C(C)(CC(F)(F)F)c2ccccc21. The second-order valence-electron chi connectivity index (χ2n) is 5.41. The van der Waals surface area contributed by atoms with Crippen LogP contribution < -0.4 is 4.90 Å². The minimum Gasteiger partial charge on any atom is -0.309 e. The number of carbonyl (C=O) groups excluding carboxylic acids is 1. The average molecular weight is 271 g/mol. The predicted molar refractivity (Wildman–Crippen MR) is 67.1 cm³/mol. The Bertz CT molecular complexity index is 510. The Balaban J connectivity index is 2.55. The van der Waals surface area contributed by atoms with E-state index in [1.165, 1.54) is 11.8 Å². The highest BCUT2D eigenvalue weighted by atomic mass is 19.4. The maximum Gasteiger partial charge on any atom is 0.390 e. The van der Waals surface area contributed by atoms with Crippen molar-refractivity contribution in [2.45, 2.75) is 44.8 Å². The van der Waals surface area contributed by atoms with Gasteiger partial charge in [0.15, 0.2) is 0 Å². The second kappa shape index (κ2) is 4.25. The van der Waals surface area contributed by atoms with Crippen molar-refractivity contribution < 1.29 is 18.0 Å². The summed E-state index contributed by atoms with van der Waals surface area (Å²) in [4.78, 5) is 13.9. The molecule has 0 spiro atoms. The van der Waals surface area contributed by atoms with Crippen molar-refractivity contribution in [3.05, 3.63) is 29.8 Å². The summed E-state index contributed by atoms with van der Waals surface area (Å²) in [6.45, 7) is 4.98. The zero-order valence-electron chi connectivity index (χ0n) is 11.1. The Labute approximate surface area is 110 Å². The van der Waals surface area contributed by atoms with Gasteiger partial charge in [-0.25, -0.2) is 0 Å². The maximum atomic E-state index is 12.8. The van der Waals surface area contributed by atoms with E-state index in [1.807, 2.05) is 0 Å². The molecular formula is C14H16F3NO. The number of hydrogen-bond donors (Lipinski definition) is 0. The lowest BCUT2D eigenvalue weighted by Gasteiger charge is -2.27. The molecule has 19 heavy (non-hydrogen) atoms. The van der Waals surface area contributed by atoms with E-state index in [0.717, 1.165) is 0 Å². The van der Waals surface area contributed by atoms with Gasteiger partial charge in [-0.2, -0.15) is 13.2 Å². The predicted octanol–water partition coefficient (Wildman–Crippen LogP) is 3.65. The van der Waals surface area contributed by atoms with Crippen molar-refractivity contribution in [2.24, 2.45) is 0 Å². The van der Waals surface area contributed by atoms with E-state index < -0.39 is 23.9 Å². The van der Waals surface area contributed by atoms with Crippen molar-refractivity contribution in [3.63, 3.8) is 0 Å². The Morgan fingerprint density at radius 1 is 1.26 bits per heavy atom. The van der Waals surface area contributed by atoms with Crippen LogP contribution in [0.4, 0.5) is 18.9 Å². The number of nitrogens with zero attached hydrogens (tertiary/aromatic N) is 1. The minimum absolute atomic E-state index is 0.163. The van der Waals surface area contributed by atoms with E-state index in [4.69, 9.17) is 0 Å². The van der Waals surface area contributed by atoms with E-state index >= 15 is 0 Å². The first-order valence-electron chi connectivity index (χ1n) is 6.17. The number of halogens is 3. The van der Waals surface area contributed by atoms with Crippen molar-refractivity contribution >= 4 is 11.6 Å². The largest absolute Gasteiger partial charge is 0.390 e. The van der Waals surface area contributed by atoms with Gasteiger partial charge in [0, 0.05) is 11.7 Å². The van der Waals surface area contributed by atoms with Crippen molar-refractivity contribution in [1.82, 2.24) is 0 Å². The molecule has 0 aromatic heterocycles. The molecule has 104 valence electrons. The number of alkyl halides is 3. The zero-order valence-corrected chi connectivity index (χ0v) is 11.1. The molecule has 1 unspecified atom stereocenters. The fraction of sp³-hybridized carbons (Fsp3) is 0.500. The number of hydrogen-bond acceptors (Lipinski definition) is 1. The Hall–Kier alpha value is -1.52. The summed E-state index contributed by atoms with van der Waals surface area (Å²) in [6, 6.07) is 6.56. The summed E-state index contributed by atoms with van der Waals surface area (Å²) >= 11 is 0. The molecule has 0 saturated carbocycles. The number of rotatable bonds is 2. The van der Waals surface area contributed by atoms with Crippen LogP contribution in [-0.2, 0) is 10.2 Å². The lowest BCUT2D eigenvalue weighted by molar-refractivity contribution is -0.155. The third-order valence-corrected chi connectivity index (χ3v) is 3.52. The molecule has 5 heteroatoms. The molecule has 0 saturated heterocycles. The second-order valence-corrected chi connectivity index (χ2v) is 5.41. The summed E-state index contributed by atoms with van der Waals surface area (Å²) < 4.78 is 38.3. The van der Waals surface area contributed by atoms with Crippen LogP contribution in [0.3, 0.4) is 0 Å². The van der Waals surface area contributed by atoms with Gasteiger partial charge in [-0.1, -0.05) is 18.2 Å². The summed E-state index contributed by atoms with van der Waals surface area (Å²) in [6.07, 6.45) is -5.50. The number of anilines is 1. The van der Waals surface area contributed by atoms with Crippen molar-refractivity contribution in [2.75, 3.05) is 4.90 Å². The van der Waals surface area contributed by atoms with Crippen LogP contribution in [0.2, 0.25) is 0 Å². The molecule has 2 nitrogen and oxygen atoms in total. The van der Waals surface area contributed by atoms with E-state index in [2.05, 4.69) is 0 Å². The molecule has 0 bridgehead atoms. The molecule has 1 aliphatic heterocycles. The lowest BCUT2D eigenvalue weighted by atomic mass is 9.80. The standard InChI is InChI=1S/C14H16F3NO/c1-9(2)18-11-7-5-4-6-10(11)13(3,12(18)19)8-14(15,16)17/h4-7,9H,8H2,1-3H3. The van der Waals surface area contributed by atoms with E-state index in [1.54, 1.807) is 38.1 Å². The number of fused-ring (bicyclic) bond motifs is 1. The number of benzene rings is 1. The first-order chi connectivity index (χ1) is 8.67. The monoisotopic (exact) mass is 271 g/mol. The third-order valence-electron chi connectivity index (χ3n) is 3.52. The summed E-state index contributed by atoms with van der Waals surface area (Å²) in [7, 11) is 0. The Kier molecular flexibility index (Phi) is 3.11. The van der Waals surface area contributed by atoms with E-state index in [-0.39, 0.29) is 6.04 Å². The molecule has 2 rings (SSSR count). The number of carbonyl (C=O) groups is 1. The van der Waals surface area contributed by atoms with Gasteiger partial charge in [-0.05, 0) is 32.4 Å². The van der Waals surface area contributed by atoms with Crippen LogP contribution >= 0.6 is 0 Å². The number of para-hydroxylation sites is 1. The smallest absolute Gasteiger partial charge is 0.309 e. The van der Waals surface area contributed by atoms with Gasteiger partial charge in [0.25, 0.3) is 0 Å². The van der Waals surface area contributed by atoms with Crippen LogP contribution in [-0.4, -0.2) is 18.1 Å². The summed E-state index contributed by atoms with van der Waals surface area (Å²) in [5.74, 6) is -0.471. The maximum absolute atomic E-state index is 12.8. The highest BCUT2D eigenvalue weighted by molar-refractivity contribution is 6.08. The fourth-order valence-electron chi connectivity index (χ4n) is 2.73. The summed E-state index contributed by atoms with van der Waals surface area (Å²) in [5.41, 5.74) is -0.459. The minimum atomic E-state index is -4.37. The molecule has 0 fully saturated rings.